The van der Waals surface area contributed by atoms with E-state index >= 15 is 0 Å². The highest BCUT2D eigenvalue weighted by Crippen LogP contribution is 2.29. The van der Waals surface area contributed by atoms with Gasteiger partial charge in [0.25, 0.3) is 5.91 Å². The van der Waals surface area contributed by atoms with Gasteiger partial charge in [-0.25, -0.2) is 0 Å². The second-order valence-corrected chi connectivity index (χ2v) is 7.28. The number of carbonyl (C=O) groups is 1. The quantitative estimate of drug-likeness (QED) is 0.629. The van der Waals surface area contributed by atoms with Gasteiger partial charge in [0.05, 0.1) is 26.0 Å². The number of piperazine rings is 1. The molecule has 0 saturated carbocycles. The molecule has 1 heterocycles. The molecule has 1 amide bonds. The lowest BCUT2D eigenvalue weighted by molar-refractivity contribution is 0.0947. The van der Waals surface area contributed by atoms with Gasteiger partial charge in [0, 0.05) is 44.8 Å². The molecule has 0 aromatic heterocycles. The molecule has 31 heavy (non-hydrogen) atoms. The Morgan fingerprint density at radius 2 is 1.65 bits per heavy atom. The average Bonchev–Trinajstić information content (AvgIpc) is 2.81. The molecule has 0 radical (unpaired) electrons. The van der Waals surface area contributed by atoms with Crippen molar-refractivity contribution in [3.05, 3.63) is 48.0 Å². The van der Waals surface area contributed by atoms with E-state index in [-0.39, 0.29) is 5.91 Å². The Balaban J connectivity index is 1.46. The summed E-state index contributed by atoms with van der Waals surface area (Å²) in [5, 5.41) is 3.02. The molecule has 1 aliphatic heterocycles. The lowest BCUT2D eigenvalue weighted by Gasteiger charge is -2.36. The first-order valence-corrected chi connectivity index (χ1v) is 10.9. The van der Waals surface area contributed by atoms with Gasteiger partial charge in [0.2, 0.25) is 0 Å². The molecule has 0 unspecified atom stereocenters. The van der Waals surface area contributed by atoms with Crippen molar-refractivity contribution in [2.75, 3.05) is 64.5 Å². The van der Waals surface area contributed by atoms with Crippen LogP contribution in [-0.4, -0.2) is 70.4 Å². The van der Waals surface area contributed by atoms with Crippen LogP contribution < -0.4 is 24.4 Å². The molecule has 2 aromatic carbocycles. The third-order valence-electron chi connectivity index (χ3n) is 5.32. The van der Waals surface area contributed by atoms with Gasteiger partial charge in [0.1, 0.15) is 5.75 Å². The zero-order chi connectivity index (χ0) is 22.1. The molecule has 3 rings (SSSR count). The fourth-order valence-electron chi connectivity index (χ4n) is 3.73. The van der Waals surface area contributed by atoms with Gasteiger partial charge in [-0.2, -0.15) is 0 Å². The molecule has 7 nitrogen and oxygen atoms in total. The lowest BCUT2D eigenvalue weighted by Crippen LogP contribution is -2.48. The summed E-state index contributed by atoms with van der Waals surface area (Å²) in [5.74, 6) is 2.07. The van der Waals surface area contributed by atoms with Crippen LogP contribution in [-0.2, 0) is 0 Å². The van der Waals surface area contributed by atoms with Gasteiger partial charge in [-0.15, -0.1) is 0 Å². The Morgan fingerprint density at radius 3 is 2.35 bits per heavy atom. The van der Waals surface area contributed by atoms with E-state index in [0.717, 1.165) is 44.2 Å². The summed E-state index contributed by atoms with van der Waals surface area (Å²) in [6.07, 6.45) is 0. The van der Waals surface area contributed by atoms with Crippen molar-refractivity contribution in [1.82, 2.24) is 10.2 Å². The van der Waals surface area contributed by atoms with Crippen LogP contribution >= 0.6 is 0 Å². The summed E-state index contributed by atoms with van der Waals surface area (Å²) in [6.45, 7) is 10.1. The zero-order valence-corrected chi connectivity index (χ0v) is 18.7. The molecule has 1 saturated heterocycles. The van der Waals surface area contributed by atoms with Gasteiger partial charge < -0.3 is 24.4 Å². The van der Waals surface area contributed by atoms with Crippen molar-refractivity contribution in [3.8, 4) is 17.2 Å². The fraction of sp³-hybridized carbons (Fsp3) is 0.458. The van der Waals surface area contributed by atoms with Crippen LogP contribution in [0.15, 0.2) is 42.5 Å². The summed E-state index contributed by atoms with van der Waals surface area (Å²) in [4.78, 5) is 17.3. The number of amides is 1. The first kappa shape index (κ1) is 22.7. The summed E-state index contributed by atoms with van der Waals surface area (Å²) < 4.78 is 16.7. The first-order valence-electron chi connectivity index (χ1n) is 10.9. The van der Waals surface area contributed by atoms with Crippen LogP contribution in [0.2, 0.25) is 0 Å². The molecular weight excluding hydrogens is 394 g/mol. The Morgan fingerprint density at radius 1 is 0.935 bits per heavy atom. The molecule has 0 atom stereocenters. The van der Waals surface area contributed by atoms with E-state index in [2.05, 4.69) is 21.2 Å². The Hall–Kier alpha value is -2.93. The minimum absolute atomic E-state index is 0.100. The van der Waals surface area contributed by atoms with E-state index in [1.807, 2.05) is 32.0 Å². The molecular formula is C24H33N3O4. The maximum Gasteiger partial charge on any atom is 0.251 e. The van der Waals surface area contributed by atoms with Crippen LogP contribution in [0.25, 0.3) is 0 Å². The number of para-hydroxylation sites is 2. The minimum Gasteiger partial charge on any atom is -0.495 e. The monoisotopic (exact) mass is 427 g/mol. The summed E-state index contributed by atoms with van der Waals surface area (Å²) in [6, 6.07) is 13.4. The minimum atomic E-state index is -0.100. The van der Waals surface area contributed by atoms with Crippen molar-refractivity contribution in [2.45, 2.75) is 13.8 Å². The Kier molecular flexibility index (Phi) is 8.41. The zero-order valence-electron chi connectivity index (χ0n) is 18.7. The number of rotatable bonds is 10. The van der Waals surface area contributed by atoms with Crippen molar-refractivity contribution in [1.29, 1.82) is 0 Å². The number of methoxy groups -OCH3 is 1. The van der Waals surface area contributed by atoms with Crippen LogP contribution in [0.4, 0.5) is 5.69 Å². The van der Waals surface area contributed by atoms with Crippen LogP contribution in [0.3, 0.4) is 0 Å². The highest BCUT2D eigenvalue weighted by molar-refractivity contribution is 5.94. The van der Waals surface area contributed by atoms with Crippen molar-refractivity contribution < 1.29 is 19.0 Å². The number of hydrogen-bond donors (Lipinski definition) is 1. The van der Waals surface area contributed by atoms with E-state index < -0.39 is 0 Å². The topological polar surface area (TPSA) is 63.3 Å². The van der Waals surface area contributed by atoms with Crippen molar-refractivity contribution >= 4 is 11.6 Å². The third kappa shape index (κ3) is 6.04. The van der Waals surface area contributed by atoms with Gasteiger partial charge >= 0.3 is 0 Å². The van der Waals surface area contributed by atoms with Gasteiger partial charge in [-0.1, -0.05) is 12.1 Å². The molecule has 1 N–H and O–H groups in total. The smallest absolute Gasteiger partial charge is 0.251 e. The van der Waals surface area contributed by atoms with E-state index in [4.69, 9.17) is 14.2 Å². The maximum absolute atomic E-state index is 12.6. The molecule has 0 spiro atoms. The largest absolute Gasteiger partial charge is 0.495 e. The molecule has 0 aliphatic carbocycles. The van der Waals surface area contributed by atoms with Crippen molar-refractivity contribution in [2.24, 2.45) is 0 Å². The highest BCUT2D eigenvalue weighted by atomic mass is 16.5. The van der Waals surface area contributed by atoms with Gasteiger partial charge in [0.15, 0.2) is 11.5 Å². The van der Waals surface area contributed by atoms with Crippen LogP contribution in [0.1, 0.15) is 24.2 Å². The predicted molar refractivity (Wildman–Crippen MR) is 123 cm³/mol. The van der Waals surface area contributed by atoms with E-state index in [1.54, 1.807) is 25.3 Å². The van der Waals surface area contributed by atoms with Crippen LogP contribution in [0.5, 0.6) is 17.2 Å². The van der Waals surface area contributed by atoms with Crippen molar-refractivity contribution in [3.63, 3.8) is 0 Å². The third-order valence-corrected chi connectivity index (χ3v) is 5.32. The number of benzene rings is 2. The fourth-order valence-corrected chi connectivity index (χ4v) is 3.73. The first-order chi connectivity index (χ1) is 15.2. The lowest BCUT2D eigenvalue weighted by atomic mass is 10.2. The SMILES string of the molecule is CCOc1ccc(C(=O)NCCN2CCN(c3ccccc3OC)CC2)cc1OCC. The molecule has 1 fully saturated rings. The predicted octanol–water partition coefficient (Wildman–Crippen LogP) is 3.04. The molecule has 1 aliphatic rings. The number of anilines is 1. The molecule has 7 heteroatoms. The van der Waals surface area contributed by atoms with E-state index in [0.29, 0.717) is 36.8 Å². The number of nitrogens with zero attached hydrogens (tertiary/aromatic N) is 2. The average molecular weight is 428 g/mol. The van der Waals surface area contributed by atoms with Gasteiger partial charge in [-0.05, 0) is 44.2 Å². The summed E-state index contributed by atoms with van der Waals surface area (Å²) >= 11 is 0. The van der Waals surface area contributed by atoms with E-state index in [1.165, 1.54) is 0 Å². The second-order valence-electron chi connectivity index (χ2n) is 7.28. The Labute approximate surface area is 184 Å². The number of nitrogens with one attached hydrogen (secondary N) is 1. The highest BCUT2D eigenvalue weighted by Gasteiger charge is 2.19. The second kappa shape index (κ2) is 11.5. The maximum atomic E-state index is 12.6. The summed E-state index contributed by atoms with van der Waals surface area (Å²) in [7, 11) is 1.71. The molecule has 168 valence electrons. The standard InChI is InChI=1S/C24H33N3O4/c1-4-30-22-11-10-19(18-23(22)31-5-2)24(28)25-12-13-26-14-16-27(17-15-26)20-8-6-7-9-21(20)29-3/h6-11,18H,4-5,12-17H2,1-3H3,(H,25,28). The summed E-state index contributed by atoms with van der Waals surface area (Å²) in [5.41, 5.74) is 1.71. The van der Waals surface area contributed by atoms with Crippen LogP contribution in [0, 0.1) is 0 Å². The van der Waals surface area contributed by atoms with Gasteiger partial charge in [-0.3, -0.25) is 9.69 Å². The number of ether oxygens (including phenoxy) is 3. The number of carbonyl (C=O) groups excluding carboxylic acids is 1. The molecule has 0 bridgehead atoms. The molecule has 2 aromatic rings. The Bertz CT molecular complexity index is 850. The normalized spacial score (nSPS) is 14.2. The number of hydrogen-bond acceptors (Lipinski definition) is 6. The van der Waals surface area contributed by atoms with E-state index in [9.17, 15) is 4.79 Å².